The number of fused-ring (bicyclic) bond motifs is 1. The molecule has 2 nitrogen and oxygen atoms in total. The van der Waals surface area contributed by atoms with Crippen molar-refractivity contribution in [3.8, 4) is 0 Å². The number of aromatic nitrogens is 2. The molecule has 3 aromatic rings. The van der Waals surface area contributed by atoms with E-state index in [2.05, 4.69) is 4.98 Å². The first-order valence-electron chi connectivity index (χ1n) is 6.03. The molecule has 1 heterocycles. The molecule has 0 saturated heterocycles. The van der Waals surface area contributed by atoms with Crippen LogP contribution in [0.2, 0.25) is 0 Å². The number of halogens is 2. The Bertz CT molecular complexity index is 707. The lowest BCUT2D eigenvalue weighted by Gasteiger charge is -2.07. The largest absolute Gasteiger partial charge is 0.322 e. The third-order valence-electron chi connectivity index (χ3n) is 3.11. The molecule has 2 aromatic carbocycles. The second kappa shape index (κ2) is 5.02. The zero-order valence-corrected chi connectivity index (χ0v) is 10.9. The number of hydrogen-bond donors (Lipinski definition) is 0. The van der Waals surface area contributed by atoms with Crippen LogP contribution in [-0.2, 0) is 12.4 Å². The Morgan fingerprint density at radius 2 is 1.84 bits per heavy atom. The molecule has 0 spiro atoms. The summed E-state index contributed by atoms with van der Waals surface area (Å²) >= 11 is 5.92. The Hall–Kier alpha value is -1.87. The van der Waals surface area contributed by atoms with Gasteiger partial charge in [-0.2, -0.15) is 0 Å². The summed E-state index contributed by atoms with van der Waals surface area (Å²) in [6, 6.07) is 15.0. The van der Waals surface area contributed by atoms with Gasteiger partial charge in [0.25, 0.3) is 0 Å². The molecule has 0 aliphatic carbocycles. The van der Waals surface area contributed by atoms with E-state index in [0.29, 0.717) is 17.9 Å². The van der Waals surface area contributed by atoms with Crippen molar-refractivity contribution in [3.05, 3.63) is 65.7 Å². The second-order valence-electron chi connectivity index (χ2n) is 4.34. The lowest BCUT2D eigenvalue weighted by Crippen LogP contribution is -2.03. The van der Waals surface area contributed by atoms with E-state index in [1.807, 2.05) is 41.0 Å². The molecule has 0 aliphatic heterocycles. The number of benzene rings is 2. The normalized spacial score (nSPS) is 11.1. The van der Waals surface area contributed by atoms with Gasteiger partial charge in [0.15, 0.2) is 5.82 Å². The Labute approximate surface area is 115 Å². The van der Waals surface area contributed by atoms with E-state index in [1.54, 1.807) is 6.07 Å². The highest BCUT2D eigenvalue weighted by molar-refractivity contribution is 6.16. The minimum atomic E-state index is -0.310. The van der Waals surface area contributed by atoms with Crippen LogP contribution in [0.15, 0.2) is 48.5 Å². The zero-order valence-electron chi connectivity index (χ0n) is 10.2. The van der Waals surface area contributed by atoms with E-state index >= 15 is 0 Å². The van der Waals surface area contributed by atoms with Crippen molar-refractivity contribution in [1.82, 2.24) is 9.55 Å². The molecule has 1 aromatic heterocycles. The number of imidazole rings is 1. The van der Waals surface area contributed by atoms with Gasteiger partial charge in [-0.15, -0.1) is 11.6 Å². The van der Waals surface area contributed by atoms with Gasteiger partial charge in [-0.1, -0.05) is 36.4 Å². The van der Waals surface area contributed by atoms with Crippen LogP contribution in [0.1, 0.15) is 11.4 Å². The molecule has 0 fully saturated rings. The molecule has 4 heteroatoms. The van der Waals surface area contributed by atoms with Gasteiger partial charge in [-0.05, 0) is 17.7 Å². The van der Waals surface area contributed by atoms with Crippen molar-refractivity contribution in [2.45, 2.75) is 12.4 Å². The summed E-state index contributed by atoms with van der Waals surface area (Å²) in [5.41, 5.74) is 2.30. The van der Waals surface area contributed by atoms with Gasteiger partial charge in [0, 0.05) is 6.54 Å². The summed E-state index contributed by atoms with van der Waals surface area (Å²) < 4.78 is 15.7. The summed E-state index contributed by atoms with van der Waals surface area (Å²) in [5.74, 6) is 0.641. The van der Waals surface area contributed by atoms with Crippen LogP contribution >= 0.6 is 11.6 Å². The van der Waals surface area contributed by atoms with Gasteiger partial charge in [0.05, 0.1) is 11.4 Å². The zero-order chi connectivity index (χ0) is 13.2. The Morgan fingerprint density at radius 3 is 2.58 bits per heavy atom. The summed E-state index contributed by atoms with van der Waals surface area (Å²) in [6.45, 7) is 0.642. The fourth-order valence-electron chi connectivity index (χ4n) is 2.21. The molecule has 0 amide bonds. The highest BCUT2D eigenvalue weighted by Gasteiger charge is 2.12. The predicted octanol–water partition coefficient (Wildman–Crippen LogP) is 3.96. The Kier molecular flexibility index (Phi) is 3.22. The first-order chi connectivity index (χ1) is 9.29. The van der Waals surface area contributed by atoms with Crippen LogP contribution in [0.25, 0.3) is 11.0 Å². The summed E-state index contributed by atoms with van der Waals surface area (Å²) in [6.07, 6.45) is 0. The Morgan fingerprint density at radius 1 is 1.05 bits per heavy atom. The van der Waals surface area contributed by atoms with E-state index < -0.39 is 0 Å². The van der Waals surface area contributed by atoms with Gasteiger partial charge in [0.1, 0.15) is 11.3 Å². The quantitative estimate of drug-likeness (QED) is 0.661. The molecule has 96 valence electrons. The van der Waals surface area contributed by atoms with E-state index in [4.69, 9.17) is 11.6 Å². The van der Waals surface area contributed by atoms with Crippen LogP contribution in [0.3, 0.4) is 0 Å². The van der Waals surface area contributed by atoms with Gasteiger partial charge >= 0.3 is 0 Å². The summed E-state index contributed by atoms with van der Waals surface area (Å²) in [4.78, 5) is 4.28. The van der Waals surface area contributed by atoms with Crippen molar-refractivity contribution < 1.29 is 4.39 Å². The highest BCUT2D eigenvalue weighted by atomic mass is 35.5. The molecule has 3 rings (SSSR count). The van der Waals surface area contributed by atoms with Crippen molar-refractivity contribution in [3.63, 3.8) is 0 Å². The molecule has 0 bridgehead atoms. The molecule has 0 unspecified atom stereocenters. The fraction of sp³-hybridized carbons (Fsp3) is 0.133. The molecule has 0 radical (unpaired) electrons. The van der Waals surface area contributed by atoms with Crippen LogP contribution < -0.4 is 0 Å². The molecule has 0 aliphatic rings. The van der Waals surface area contributed by atoms with Crippen molar-refractivity contribution >= 4 is 22.6 Å². The lowest BCUT2D eigenvalue weighted by molar-refractivity contribution is 0.637. The maximum Gasteiger partial charge on any atom is 0.151 e. The first kappa shape index (κ1) is 12.2. The standard InChI is InChI=1S/C15H12ClFN2/c16-9-14-18-15-12(17)7-4-8-13(15)19(14)10-11-5-2-1-3-6-11/h1-8H,9-10H2. The number of hydrogen-bond acceptors (Lipinski definition) is 1. The van der Waals surface area contributed by atoms with Gasteiger partial charge in [0.2, 0.25) is 0 Å². The predicted molar refractivity (Wildman–Crippen MR) is 74.8 cm³/mol. The molecule has 0 N–H and O–H groups in total. The topological polar surface area (TPSA) is 17.8 Å². The minimum Gasteiger partial charge on any atom is -0.322 e. The number of alkyl halides is 1. The molecule has 19 heavy (non-hydrogen) atoms. The van der Waals surface area contributed by atoms with E-state index in [0.717, 1.165) is 11.1 Å². The monoisotopic (exact) mass is 274 g/mol. The number of para-hydroxylation sites is 1. The van der Waals surface area contributed by atoms with Crippen molar-refractivity contribution in [2.75, 3.05) is 0 Å². The molecular formula is C15H12ClFN2. The van der Waals surface area contributed by atoms with Crippen LogP contribution in [-0.4, -0.2) is 9.55 Å². The smallest absolute Gasteiger partial charge is 0.151 e. The van der Waals surface area contributed by atoms with Gasteiger partial charge in [-0.3, -0.25) is 0 Å². The third-order valence-corrected chi connectivity index (χ3v) is 3.35. The van der Waals surface area contributed by atoms with Crippen molar-refractivity contribution in [2.24, 2.45) is 0 Å². The minimum absolute atomic E-state index is 0.265. The summed E-state index contributed by atoms with van der Waals surface area (Å²) in [5, 5.41) is 0. The van der Waals surface area contributed by atoms with Crippen LogP contribution in [0.4, 0.5) is 4.39 Å². The first-order valence-corrected chi connectivity index (χ1v) is 6.56. The third kappa shape index (κ3) is 2.22. The van der Waals surface area contributed by atoms with Gasteiger partial charge in [-0.25, -0.2) is 9.37 Å². The van der Waals surface area contributed by atoms with Crippen molar-refractivity contribution in [1.29, 1.82) is 0 Å². The van der Waals surface area contributed by atoms with E-state index in [-0.39, 0.29) is 11.7 Å². The van der Waals surface area contributed by atoms with Crippen LogP contribution in [0, 0.1) is 5.82 Å². The maximum absolute atomic E-state index is 13.7. The molecule has 0 atom stereocenters. The number of nitrogens with zero attached hydrogens (tertiary/aromatic N) is 2. The maximum atomic E-state index is 13.7. The second-order valence-corrected chi connectivity index (χ2v) is 4.61. The molecular weight excluding hydrogens is 263 g/mol. The van der Waals surface area contributed by atoms with E-state index in [1.165, 1.54) is 6.07 Å². The SMILES string of the molecule is Fc1cccc2c1nc(CCl)n2Cc1ccccc1. The average molecular weight is 275 g/mol. The summed E-state index contributed by atoms with van der Waals surface area (Å²) in [7, 11) is 0. The lowest BCUT2D eigenvalue weighted by atomic mass is 10.2. The van der Waals surface area contributed by atoms with E-state index in [9.17, 15) is 4.39 Å². The van der Waals surface area contributed by atoms with Gasteiger partial charge < -0.3 is 4.57 Å². The average Bonchev–Trinajstić information content (AvgIpc) is 2.80. The molecule has 0 saturated carbocycles. The van der Waals surface area contributed by atoms with Crippen LogP contribution in [0.5, 0.6) is 0 Å². The number of rotatable bonds is 3. The fourth-order valence-corrected chi connectivity index (χ4v) is 2.41. The highest BCUT2D eigenvalue weighted by Crippen LogP contribution is 2.21. The Balaban J connectivity index is 2.14.